The van der Waals surface area contributed by atoms with Gasteiger partial charge in [-0.3, -0.25) is 4.90 Å². The molecule has 3 aromatic carbocycles. The third kappa shape index (κ3) is 4.87. The van der Waals surface area contributed by atoms with Crippen molar-refractivity contribution in [3.8, 4) is 28.0 Å². The van der Waals surface area contributed by atoms with E-state index in [1.807, 2.05) is 67.0 Å². The van der Waals surface area contributed by atoms with E-state index in [9.17, 15) is 8.76 Å². The van der Waals surface area contributed by atoms with E-state index in [1.54, 1.807) is 16.8 Å². The standard InChI is InChI=1S/C29H28N4O3S/c34-37(35)28-13-12-25(24-6-2-3-7-26(24)28)27-19-31-33-20-22(18-30-29(27)33)21-8-10-23(11-9-21)36-17-16-32-14-4-1-5-15-32/h2-3,6-13,18-20H,1,4-5,14-17H2,(H,34,35). The van der Waals surface area contributed by atoms with Gasteiger partial charge in [-0.1, -0.05) is 48.9 Å². The van der Waals surface area contributed by atoms with Crippen molar-refractivity contribution in [3.63, 3.8) is 0 Å². The minimum absolute atomic E-state index is 0.394. The second-order valence-electron chi connectivity index (χ2n) is 9.35. The highest BCUT2D eigenvalue weighted by atomic mass is 32.2. The molecule has 3 heterocycles. The van der Waals surface area contributed by atoms with Gasteiger partial charge in [0.2, 0.25) is 0 Å². The lowest BCUT2D eigenvalue weighted by molar-refractivity contribution is 0.183. The van der Waals surface area contributed by atoms with Crippen LogP contribution in [0.1, 0.15) is 19.3 Å². The Kier molecular flexibility index (Phi) is 6.70. The van der Waals surface area contributed by atoms with Gasteiger partial charge in [0.25, 0.3) is 0 Å². The van der Waals surface area contributed by atoms with Crippen LogP contribution in [-0.4, -0.2) is 54.5 Å². The van der Waals surface area contributed by atoms with E-state index >= 15 is 0 Å². The predicted molar refractivity (Wildman–Crippen MR) is 146 cm³/mol. The Balaban J connectivity index is 1.23. The average Bonchev–Trinajstić information content (AvgIpc) is 3.36. The lowest BCUT2D eigenvalue weighted by Gasteiger charge is -2.26. The number of hydrogen-bond acceptors (Lipinski definition) is 5. The maximum atomic E-state index is 11.8. The summed E-state index contributed by atoms with van der Waals surface area (Å²) in [7, 11) is 0. The van der Waals surface area contributed by atoms with E-state index in [2.05, 4.69) is 10.00 Å². The second kappa shape index (κ2) is 10.4. The number of hydrogen-bond donors (Lipinski definition) is 1. The monoisotopic (exact) mass is 512 g/mol. The molecule has 0 radical (unpaired) electrons. The summed E-state index contributed by atoms with van der Waals surface area (Å²) in [5, 5.41) is 6.20. The van der Waals surface area contributed by atoms with E-state index in [0.717, 1.165) is 51.0 Å². The van der Waals surface area contributed by atoms with Crippen molar-refractivity contribution in [3.05, 3.63) is 79.3 Å². The van der Waals surface area contributed by atoms with E-state index in [1.165, 1.54) is 32.4 Å². The van der Waals surface area contributed by atoms with Gasteiger partial charge in [0, 0.05) is 35.5 Å². The first-order chi connectivity index (χ1) is 18.2. The fraction of sp³-hybridized carbons (Fsp3) is 0.241. The highest BCUT2D eigenvalue weighted by Gasteiger charge is 2.15. The van der Waals surface area contributed by atoms with Crippen LogP contribution in [0.3, 0.4) is 0 Å². The highest BCUT2D eigenvalue weighted by Crippen LogP contribution is 2.34. The number of likely N-dealkylation sites (tertiary alicyclic amines) is 1. The van der Waals surface area contributed by atoms with Crippen molar-refractivity contribution in [2.45, 2.75) is 24.2 Å². The fourth-order valence-electron chi connectivity index (χ4n) is 5.09. The highest BCUT2D eigenvalue weighted by molar-refractivity contribution is 7.79. The minimum atomic E-state index is -2.06. The van der Waals surface area contributed by atoms with Gasteiger partial charge in [0.1, 0.15) is 12.4 Å². The number of ether oxygens (including phenoxy) is 1. The first-order valence-corrected chi connectivity index (χ1v) is 13.7. The maximum Gasteiger partial charge on any atom is 0.187 e. The lowest BCUT2D eigenvalue weighted by atomic mass is 10.00. The smallest absolute Gasteiger partial charge is 0.187 e. The summed E-state index contributed by atoms with van der Waals surface area (Å²) in [5.41, 5.74) is 4.51. The zero-order valence-corrected chi connectivity index (χ0v) is 21.2. The molecule has 1 saturated heterocycles. The third-order valence-corrected chi connectivity index (χ3v) is 7.76. The summed E-state index contributed by atoms with van der Waals surface area (Å²) < 4.78 is 29.3. The summed E-state index contributed by atoms with van der Waals surface area (Å²) >= 11 is -2.06. The Hall–Kier alpha value is -3.59. The minimum Gasteiger partial charge on any atom is -0.492 e. The summed E-state index contributed by atoms with van der Waals surface area (Å²) in [6, 6.07) is 19.3. The van der Waals surface area contributed by atoms with Gasteiger partial charge in [-0.05, 0) is 60.6 Å². The summed E-state index contributed by atoms with van der Waals surface area (Å²) in [5.74, 6) is 0.871. The van der Waals surface area contributed by atoms with Crippen LogP contribution in [-0.2, 0) is 11.1 Å². The first kappa shape index (κ1) is 23.8. The quantitative estimate of drug-likeness (QED) is 0.284. The molecule has 6 rings (SSSR count). The molecular formula is C29H28N4O3S. The molecule has 0 saturated carbocycles. The number of aromatic nitrogens is 3. The van der Waals surface area contributed by atoms with Gasteiger partial charge < -0.3 is 9.29 Å². The predicted octanol–water partition coefficient (Wildman–Crippen LogP) is 5.66. The largest absolute Gasteiger partial charge is 0.492 e. The Bertz CT molecular complexity index is 1580. The van der Waals surface area contributed by atoms with Crippen molar-refractivity contribution >= 4 is 27.5 Å². The molecule has 0 spiro atoms. The Labute approximate surface area is 218 Å². The van der Waals surface area contributed by atoms with Gasteiger partial charge in [-0.2, -0.15) is 5.10 Å². The Morgan fingerprint density at radius 3 is 2.43 bits per heavy atom. The van der Waals surface area contributed by atoms with Gasteiger partial charge in [0.05, 0.1) is 11.1 Å². The summed E-state index contributed by atoms with van der Waals surface area (Å²) in [4.78, 5) is 7.60. The number of piperidine rings is 1. The van der Waals surface area contributed by atoms with Gasteiger partial charge in [-0.25, -0.2) is 13.7 Å². The van der Waals surface area contributed by atoms with E-state index in [0.29, 0.717) is 11.5 Å². The summed E-state index contributed by atoms with van der Waals surface area (Å²) in [6.07, 6.45) is 9.54. The van der Waals surface area contributed by atoms with Crippen molar-refractivity contribution in [1.82, 2.24) is 19.5 Å². The fourth-order valence-corrected chi connectivity index (χ4v) is 5.64. The number of rotatable bonds is 7. The molecule has 1 atom stereocenters. The van der Waals surface area contributed by atoms with Crippen molar-refractivity contribution < 1.29 is 13.5 Å². The van der Waals surface area contributed by atoms with Gasteiger partial charge in [-0.15, -0.1) is 0 Å². The van der Waals surface area contributed by atoms with Crippen LogP contribution in [0.4, 0.5) is 0 Å². The van der Waals surface area contributed by atoms with Crippen LogP contribution in [0.25, 0.3) is 38.7 Å². The Morgan fingerprint density at radius 2 is 1.65 bits per heavy atom. The SMILES string of the molecule is O=S(O)c1ccc(-c2cnn3cc(-c4ccc(OCCN5CCCCC5)cc4)cnc23)c2ccccc12. The van der Waals surface area contributed by atoms with Crippen molar-refractivity contribution in [1.29, 1.82) is 0 Å². The van der Waals surface area contributed by atoms with Crippen LogP contribution in [0.5, 0.6) is 5.75 Å². The second-order valence-corrected chi connectivity index (χ2v) is 10.3. The molecule has 1 N–H and O–H groups in total. The average molecular weight is 513 g/mol. The topological polar surface area (TPSA) is 80.0 Å². The van der Waals surface area contributed by atoms with Gasteiger partial charge in [0.15, 0.2) is 16.7 Å². The molecule has 0 amide bonds. The first-order valence-electron chi connectivity index (χ1n) is 12.6. The number of benzene rings is 3. The maximum absolute atomic E-state index is 11.8. The lowest BCUT2D eigenvalue weighted by Crippen LogP contribution is -2.33. The normalized spacial score (nSPS) is 15.3. The molecule has 1 aliphatic heterocycles. The number of fused-ring (bicyclic) bond motifs is 2. The van der Waals surface area contributed by atoms with Crippen molar-refractivity contribution in [2.24, 2.45) is 0 Å². The molecule has 8 heteroatoms. The Morgan fingerprint density at radius 1 is 0.865 bits per heavy atom. The van der Waals surface area contributed by atoms with Crippen LogP contribution < -0.4 is 4.74 Å². The zero-order chi connectivity index (χ0) is 25.2. The van der Waals surface area contributed by atoms with E-state index < -0.39 is 11.1 Å². The molecule has 1 unspecified atom stereocenters. The van der Waals surface area contributed by atoms with Crippen molar-refractivity contribution in [2.75, 3.05) is 26.2 Å². The molecule has 0 bridgehead atoms. The van der Waals surface area contributed by atoms with Gasteiger partial charge >= 0.3 is 0 Å². The molecule has 37 heavy (non-hydrogen) atoms. The summed E-state index contributed by atoms with van der Waals surface area (Å²) in [6.45, 7) is 4.03. The van der Waals surface area contributed by atoms with Crippen LogP contribution in [0.2, 0.25) is 0 Å². The molecular weight excluding hydrogens is 484 g/mol. The number of nitrogens with zero attached hydrogens (tertiary/aromatic N) is 4. The molecule has 5 aromatic rings. The van der Waals surface area contributed by atoms with E-state index in [4.69, 9.17) is 9.72 Å². The van der Waals surface area contributed by atoms with Crippen LogP contribution in [0.15, 0.2) is 84.1 Å². The molecule has 0 aliphatic carbocycles. The third-order valence-electron chi connectivity index (χ3n) is 7.03. The molecule has 1 aliphatic rings. The molecule has 1 fully saturated rings. The molecule has 7 nitrogen and oxygen atoms in total. The zero-order valence-electron chi connectivity index (χ0n) is 20.4. The molecule has 188 valence electrons. The van der Waals surface area contributed by atoms with E-state index in [-0.39, 0.29) is 0 Å². The molecule has 2 aromatic heterocycles. The van der Waals surface area contributed by atoms with Crippen LogP contribution in [0, 0.1) is 0 Å². The van der Waals surface area contributed by atoms with Crippen LogP contribution >= 0.6 is 0 Å².